The van der Waals surface area contributed by atoms with Crippen LogP contribution < -0.4 is 10.6 Å². The summed E-state index contributed by atoms with van der Waals surface area (Å²) >= 11 is 0. The average Bonchev–Trinajstić information content (AvgIpc) is 2.53. The van der Waals surface area contributed by atoms with E-state index in [0.717, 1.165) is 65.0 Å². The van der Waals surface area contributed by atoms with Crippen LogP contribution in [0.1, 0.15) is 20.3 Å². The number of aliphatic imine (C=N–C) groups is 1. The molecule has 0 radical (unpaired) electrons. The van der Waals surface area contributed by atoms with Gasteiger partial charge in [0.05, 0.1) is 13.2 Å². The van der Waals surface area contributed by atoms with E-state index in [2.05, 4.69) is 39.3 Å². The predicted octanol–water partition coefficient (Wildman–Crippen LogP) is 0.834. The molecule has 132 valence electrons. The first-order valence-corrected chi connectivity index (χ1v) is 8.27. The van der Waals surface area contributed by atoms with E-state index < -0.39 is 0 Å². The van der Waals surface area contributed by atoms with Gasteiger partial charge in [-0.25, -0.2) is 0 Å². The Morgan fingerprint density at radius 2 is 1.82 bits per heavy atom. The highest BCUT2D eigenvalue weighted by Crippen LogP contribution is 1.94. The van der Waals surface area contributed by atoms with Gasteiger partial charge in [-0.1, -0.05) is 13.8 Å². The van der Waals surface area contributed by atoms with Crippen LogP contribution in [0.3, 0.4) is 0 Å². The Morgan fingerprint density at radius 3 is 2.41 bits per heavy atom. The average molecular weight is 427 g/mol. The van der Waals surface area contributed by atoms with Gasteiger partial charge >= 0.3 is 0 Å². The quantitative estimate of drug-likeness (QED) is 0.325. The van der Waals surface area contributed by atoms with Gasteiger partial charge in [0, 0.05) is 46.3 Å². The molecule has 0 aromatic carbocycles. The van der Waals surface area contributed by atoms with E-state index in [1.807, 2.05) is 7.05 Å². The fraction of sp³-hybridized carbons (Fsp3) is 0.933. The van der Waals surface area contributed by atoms with Crippen molar-refractivity contribution in [3.63, 3.8) is 0 Å². The number of morpholine rings is 1. The number of halogens is 1. The molecule has 1 fully saturated rings. The molecule has 1 aliphatic rings. The van der Waals surface area contributed by atoms with Crippen LogP contribution in [0, 0.1) is 0 Å². The van der Waals surface area contributed by atoms with Crippen LogP contribution >= 0.6 is 24.0 Å². The number of guanidine groups is 1. The van der Waals surface area contributed by atoms with Gasteiger partial charge in [-0.05, 0) is 19.5 Å². The molecule has 2 N–H and O–H groups in total. The molecule has 0 aliphatic carbocycles. The van der Waals surface area contributed by atoms with Crippen LogP contribution in [0.4, 0.5) is 0 Å². The third-order valence-corrected chi connectivity index (χ3v) is 3.76. The molecule has 1 aliphatic heterocycles. The Balaban J connectivity index is 0.00000441. The summed E-state index contributed by atoms with van der Waals surface area (Å²) in [5.41, 5.74) is 0. The molecule has 0 aromatic rings. The van der Waals surface area contributed by atoms with Gasteiger partial charge in [0.2, 0.25) is 0 Å². The van der Waals surface area contributed by atoms with Gasteiger partial charge in [-0.3, -0.25) is 9.89 Å². The number of hydrogen-bond donors (Lipinski definition) is 2. The topological polar surface area (TPSA) is 52.1 Å². The Morgan fingerprint density at radius 1 is 1.14 bits per heavy atom. The summed E-state index contributed by atoms with van der Waals surface area (Å²) in [6.45, 7) is 14.5. The van der Waals surface area contributed by atoms with Crippen molar-refractivity contribution in [2.24, 2.45) is 4.99 Å². The van der Waals surface area contributed by atoms with Crippen LogP contribution in [-0.2, 0) is 4.74 Å². The van der Waals surface area contributed by atoms with Gasteiger partial charge in [0.1, 0.15) is 0 Å². The van der Waals surface area contributed by atoms with Gasteiger partial charge in [0.25, 0.3) is 0 Å². The summed E-state index contributed by atoms with van der Waals surface area (Å²) in [6.07, 6.45) is 1.21. The van der Waals surface area contributed by atoms with E-state index >= 15 is 0 Å². The summed E-state index contributed by atoms with van der Waals surface area (Å²) in [7, 11) is 1.83. The van der Waals surface area contributed by atoms with Gasteiger partial charge < -0.3 is 20.3 Å². The van der Waals surface area contributed by atoms with Crippen molar-refractivity contribution in [2.75, 3.05) is 72.6 Å². The fourth-order valence-electron chi connectivity index (χ4n) is 2.45. The lowest BCUT2D eigenvalue weighted by atomic mass is 10.4. The lowest BCUT2D eigenvalue weighted by molar-refractivity contribution is 0.0389. The Kier molecular flexibility index (Phi) is 14.4. The molecule has 7 heteroatoms. The molecule has 22 heavy (non-hydrogen) atoms. The van der Waals surface area contributed by atoms with Crippen molar-refractivity contribution in [1.82, 2.24) is 20.4 Å². The van der Waals surface area contributed by atoms with E-state index in [0.29, 0.717) is 0 Å². The SMILES string of the molecule is CCCN(CC)CCNC(=NC)NCCN1CCOCC1.I. The van der Waals surface area contributed by atoms with Crippen LogP contribution in [0.15, 0.2) is 4.99 Å². The minimum absolute atomic E-state index is 0. The monoisotopic (exact) mass is 427 g/mol. The first kappa shape index (κ1) is 21.9. The molecule has 0 spiro atoms. The largest absolute Gasteiger partial charge is 0.379 e. The Labute approximate surface area is 153 Å². The molecule has 0 atom stereocenters. The third kappa shape index (κ3) is 9.81. The maximum Gasteiger partial charge on any atom is 0.191 e. The summed E-state index contributed by atoms with van der Waals surface area (Å²) < 4.78 is 5.35. The molecule has 6 nitrogen and oxygen atoms in total. The number of likely N-dealkylation sites (N-methyl/N-ethyl adjacent to an activating group) is 1. The Hall–Kier alpha value is -0.120. The standard InChI is InChI=1S/C15H33N5O.HI/c1-4-8-19(5-2)9-6-17-15(16-3)18-7-10-20-11-13-21-14-12-20;/h4-14H2,1-3H3,(H2,16,17,18);1H. The zero-order valence-corrected chi connectivity index (χ0v) is 16.8. The van der Waals surface area contributed by atoms with E-state index in [1.165, 1.54) is 13.0 Å². The summed E-state index contributed by atoms with van der Waals surface area (Å²) in [4.78, 5) is 9.14. The van der Waals surface area contributed by atoms with Gasteiger partial charge in [-0.2, -0.15) is 0 Å². The van der Waals surface area contributed by atoms with E-state index in [-0.39, 0.29) is 24.0 Å². The van der Waals surface area contributed by atoms with Crippen LogP contribution in [0.5, 0.6) is 0 Å². The first-order chi connectivity index (χ1) is 10.3. The van der Waals surface area contributed by atoms with Gasteiger partial charge in [-0.15, -0.1) is 24.0 Å². The van der Waals surface area contributed by atoms with E-state index in [1.54, 1.807) is 0 Å². The second-order valence-electron chi connectivity index (χ2n) is 5.31. The number of nitrogens with one attached hydrogen (secondary N) is 2. The fourth-order valence-corrected chi connectivity index (χ4v) is 2.45. The highest BCUT2D eigenvalue weighted by atomic mass is 127. The van der Waals surface area contributed by atoms with Gasteiger partial charge in [0.15, 0.2) is 5.96 Å². The number of nitrogens with zero attached hydrogens (tertiary/aromatic N) is 3. The minimum Gasteiger partial charge on any atom is -0.379 e. The normalized spacial score (nSPS) is 16.5. The van der Waals surface area contributed by atoms with Crippen LogP contribution in [0.25, 0.3) is 0 Å². The molecule has 1 saturated heterocycles. The lowest BCUT2D eigenvalue weighted by Crippen LogP contribution is -2.45. The number of ether oxygens (including phenoxy) is 1. The molecule has 1 rings (SSSR count). The Bertz CT molecular complexity index is 272. The smallest absolute Gasteiger partial charge is 0.191 e. The van der Waals surface area contributed by atoms with Crippen LogP contribution in [0.2, 0.25) is 0 Å². The molecule has 1 heterocycles. The lowest BCUT2D eigenvalue weighted by Gasteiger charge is -2.27. The van der Waals surface area contributed by atoms with Crippen molar-refractivity contribution >= 4 is 29.9 Å². The zero-order chi connectivity index (χ0) is 15.3. The second kappa shape index (κ2) is 14.5. The summed E-state index contributed by atoms with van der Waals surface area (Å²) in [6, 6.07) is 0. The number of hydrogen-bond acceptors (Lipinski definition) is 4. The zero-order valence-electron chi connectivity index (χ0n) is 14.4. The van der Waals surface area contributed by atoms with E-state index in [9.17, 15) is 0 Å². The van der Waals surface area contributed by atoms with Crippen molar-refractivity contribution in [3.8, 4) is 0 Å². The van der Waals surface area contributed by atoms with Crippen LogP contribution in [-0.4, -0.2) is 88.4 Å². The van der Waals surface area contributed by atoms with Crippen molar-refractivity contribution in [3.05, 3.63) is 0 Å². The van der Waals surface area contributed by atoms with E-state index in [4.69, 9.17) is 4.74 Å². The summed E-state index contributed by atoms with van der Waals surface area (Å²) in [5, 5.41) is 6.76. The predicted molar refractivity (Wildman–Crippen MR) is 104 cm³/mol. The maximum atomic E-state index is 5.35. The highest BCUT2D eigenvalue weighted by Gasteiger charge is 2.09. The summed E-state index contributed by atoms with van der Waals surface area (Å²) in [5.74, 6) is 0.899. The molecular weight excluding hydrogens is 393 g/mol. The second-order valence-corrected chi connectivity index (χ2v) is 5.31. The molecule has 0 bridgehead atoms. The molecule has 0 amide bonds. The third-order valence-electron chi connectivity index (χ3n) is 3.76. The molecule has 0 saturated carbocycles. The minimum atomic E-state index is 0. The first-order valence-electron chi connectivity index (χ1n) is 8.27. The molecular formula is C15H34IN5O. The molecule has 0 aromatic heterocycles. The number of rotatable bonds is 9. The molecule has 0 unspecified atom stereocenters. The maximum absolute atomic E-state index is 5.35. The van der Waals surface area contributed by atoms with Crippen molar-refractivity contribution in [2.45, 2.75) is 20.3 Å². The van der Waals surface area contributed by atoms with Crippen molar-refractivity contribution < 1.29 is 4.74 Å². The van der Waals surface area contributed by atoms with Crippen molar-refractivity contribution in [1.29, 1.82) is 0 Å². The highest BCUT2D eigenvalue weighted by molar-refractivity contribution is 14.0.